The van der Waals surface area contributed by atoms with E-state index in [1.807, 2.05) is 18.2 Å². The Morgan fingerprint density at radius 2 is 1.29 bits per heavy atom. The van der Waals surface area contributed by atoms with Crippen molar-refractivity contribution in [1.82, 2.24) is 14.5 Å². The topological polar surface area (TPSA) is 30.7 Å². The number of hydrogen-bond donors (Lipinski definition) is 0. The molecule has 0 unspecified atom stereocenters. The second-order valence-corrected chi connectivity index (χ2v) is 8.78. The molecule has 0 saturated carbocycles. The van der Waals surface area contributed by atoms with Gasteiger partial charge in [0, 0.05) is 32.8 Å². The molecule has 0 N–H and O–H groups in total. The normalized spacial score (nSPS) is 11.7. The van der Waals surface area contributed by atoms with E-state index in [4.69, 9.17) is 11.6 Å². The lowest BCUT2D eigenvalue weighted by atomic mass is 10.0. The van der Waals surface area contributed by atoms with Gasteiger partial charge in [-0.2, -0.15) is 0 Å². The second kappa shape index (κ2) is 7.41. The zero-order chi connectivity index (χ0) is 22.6. The number of aromatic nitrogens is 3. The van der Waals surface area contributed by atoms with E-state index in [0.717, 1.165) is 44.1 Å². The molecule has 0 saturated heterocycles. The zero-order valence-corrected chi connectivity index (χ0v) is 18.9. The molecule has 2 heterocycles. The third kappa shape index (κ3) is 2.84. The number of benzene rings is 5. The Bertz CT molecular complexity index is 1870. The first-order valence-corrected chi connectivity index (χ1v) is 11.6. The Balaban J connectivity index is 1.54. The van der Waals surface area contributed by atoms with Gasteiger partial charge in [0.05, 0.1) is 22.2 Å². The van der Waals surface area contributed by atoms with E-state index < -0.39 is 0 Å². The standard InChI is InChI=1S/C30H18ClN3/c31-30-32-28(24-16-14-19-8-4-5-11-22(19)29(24)33-30)20-15-17-27-25(18-20)23-12-6-7-13-26(23)34(27)21-9-2-1-3-10-21/h1-18H. The number of halogens is 1. The summed E-state index contributed by atoms with van der Waals surface area (Å²) >= 11 is 6.45. The molecule has 0 aliphatic carbocycles. The van der Waals surface area contributed by atoms with E-state index in [2.05, 4.69) is 106 Å². The third-order valence-corrected chi connectivity index (χ3v) is 6.69. The molecule has 0 amide bonds. The average molecular weight is 456 g/mol. The highest BCUT2D eigenvalue weighted by Crippen LogP contribution is 2.37. The van der Waals surface area contributed by atoms with Gasteiger partial charge in [0.1, 0.15) is 0 Å². The van der Waals surface area contributed by atoms with Gasteiger partial charge in [0.25, 0.3) is 0 Å². The maximum Gasteiger partial charge on any atom is 0.223 e. The van der Waals surface area contributed by atoms with Gasteiger partial charge in [-0.05, 0) is 53.4 Å². The van der Waals surface area contributed by atoms with Gasteiger partial charge in [-0.15, -0.1) is 0 Å². The molecule has 0 bridgehead atoms. The number of hydrogen-bond acceptors (Lipinski definition) is 2. The molecule has 3 nitrogen and oxygen atoms in total. The maximum absolute atomic E-state index is 6.45. The van der Waals surface area contributed by atoms with Crippen molar-refractivity contribution in [1.29, 1.82) is 0 Å². The van der Waals surface area contributed by atoms with Crippen LogP contribution in [0.15, 0.2) is 109 Å². The van der Waals surface area contributed by atoms with Crippen LogP contribution in [0.2, 0.25) is 5.28 Å². The quantitative estimate of drug-likeness (QED) is 0.194. The highest BCUT2D eigenvalue weighted by molar-refractivity contribution is 6.29. The molecular weight excluding hydrogens is 438 g/mol. The van der Waals surface area contributed by atoms with Crippen LogP contribution >= 0.6 is 11.6 Å². The van der Waals surface area contributed by atoms with Crippen LogP contribution in [-0.2, 0) is 0 Å². The van der Waals surface area contributed by atoms with Gasteiger partial charge in [0.2, 0.25) is 5.28 Å². The number of rotatable bonds is 2. The fraction of sp³-hybridized carbons (Fsp3) is 0. The summed E-state index contributed by atoms with van der Waals surface area (Å²) in [6.07, 6.45) is 0. The molecule has 0 fully saturated rings. The first kappa shape index (κ1) is 19.3. The van der Waals surface area contributed by atoms with Crippen molar-refractivity contribution in [3.8, 4) is 16.9 Å². The summed E-state index contributed by atoms with van der Waals surface area (Å²) in [4.78, 5) is 9.27. The summed E-state index contributed by atoms with van der Waals surface area (Å²) in [5.41, 5.74) is 6.22. The molecule has 0 spiro atoms. The summed E-state index contributed by atoms with van der Waals surface area (Å²) in [6.45, 7) is 0. The molecule has 2 aromatic heterocycles. The van der Waals surface area contributed by atoms with Crippen molar-refractivity contribution >= 4 is 55.1 Å². The Morgan fingerprint density at radius 1 is 0.559 bits per heavy atom. The summed E-state index contributed by atoms with van der Waals surface area (Å²) in [7, 11) is 0. The molecule has 4 heteroatoms. The smallest absolute Gasteiger partial charge is 0.223 e. The highest BCUT2D eigenvalue weighted by atomic mass is 35.5. The summed E-state index contributed by atoms with van der Waals surface area (Å²) in [5.74, 6) is 0. The van der Waals surface area contributed by atoms with E-state index >= 15 is 0 Å². The lowest BCUT2D eigenvalue weighted by molar-refractivity contribution is 1.18. The van der Waals surface area contributed by atoms with Gasteiger partial charge >= 0.3 is 0 Å². The molecule has 160 valence electrons. The predicted molar refractivity (Wildman–Crippen MR) is 142 cm³/mol. The maximum atomic E-state index is 6.45. The lowest BCUT2D eigenvalue weighted by Crippen LogP contribution is -1.94. The fourth-order valence-corrected chi connectivity index (χ4v) is 5.20. The average Bonchev–Trinajstić information content (AvgIpc) is 3.22. The Labute approximate surface area is 200 Å². The predicted octanol–water partition coefficient (Wildman–Crippen LogP) is 8.20. The molecule has 7 aromatic rings. The summed E-state index contributed by atoms with van der Waals surface area (Å²) < 4.78 is 2.31. The Morgan fingerprint density at radius 3 is 2.18 bits per heavy atom. The fourth-order valence-electron chi connectivity index (χ4n) is 5.03. The third-order valence-electron chi connectivity index (χ3n) is 6.52. The van der Waals surface area contributed by atoms with Crippen molar-refractivity contribution in [3.05, 3.63) is 114 Å². The summed E-state index contributed by atoms with van der Waals surface area (Å²) in [5, 5.41) is 5.85. The molecule has 0 radical (unpaired) electrons. The van der Waals surface area contributed by atoms with Crippen molar-refractivity contribution in [2.45, 2.75) is 0 Å². The first-order chi connectivity index (χ1) is 16.8. The minimum atomic E-state index is 0.255. The van der Waals surface area contributed by atoms with Crippen LogP contribution in [0.1, 0.15) is 0 Å². The van der Waals surface area contributed by atoms with Crippen LogP contribution in [0.25, 0.3) is 60.4 Å². The molecule has 34 heavy (non-hydrogen) atoms. The minimum Gasteiger partial charge on any atom is -0.309 e. The van der Waals surface area contributed by atoms with Crippen molar-refractivity contribution in [2.24, 2.45) is 0 Å². The largest absolute Gasteiger partial charge is 0.309 e. The highest BCUT2D eigenvalue weighted by Gasteiger charge is 2.16. The van der Waals surface area contributed by atoms with Crippen LogP contribution < -0.4 is 0 Å². The van der Waals surface area contributed by atoms with E-state index in [1.165, 1.54) is 16.3 Å². The van der Waals surface area contributed by atoms with Crippen LogP contribution in [0.5, 0.6) is 0 Å². The summed E-state index contributed by atoms with van der Waals surface area (Å²) in [6, 6.07) is 38.0. The van der Waals surface area contributed by atoms with Crippen LogP contribution in [0.3, 0.4) is 0 Å². The minimum absolute atomic E-state index is 0.255. The molecule has 0 aliphatic rings. The number of para-hydroxylation sites is 2. The monoisotopic (exact) mass is 455 g/mol. The zero-order valence-electron chi connectivity index (χ0n) is 18.1. The van der Waals surface area contributed by atoms with Gasteiger partial charge in [0.15, 0.2) is 0 Å². The molecule has 0 aliphatic heterocycles. The van der Waals surface area contributed by atoms with E-state index in [-0.39, 0.29) is 5.28 Å². The van der Waals surface area contributed by atoms with Crippen LogP contribution in [0, 0.1) is 0 Å². The molecule has 5 aromatic carbocycles. The molecule has 0 atom stereocenters. The lowest BCUT2D eigenvalue weighted by Gasteiger charge is -2.10. The number of fused-ring (bicyclic) bond motifs is 6. The van der Waals surface area contributed by atoms with Gasteiger partial charge in [-0.3, -0.25) is 0 Å². The molecular formula is C30H18ClN3. The van der Waals surface area contributed by atoms with Gasteiger partial charge in [-0.25, -0.2) is 9.97 Å². The Hall–Kier alpha value is -4.21. The second-order valence-electron chi connectivity index (χ2n) is 8.44. The van der Waals surface area contributed by atoms with Crippen molar-refractivity contribution < 1.29 is 0 Å². The van der Waals surface area contributed by atoms with Crippen molar-refractivity contribution in [2.75, 3.05) is 0 Å². The SMILES string of the molecule is Clc1nc(-c2ccc3c(c2)c2ccccc2n3-c2ccccc2)c2ccc3ccccc3c2n1. The van der Waals surface area contributed by atoms with Crippen LogP contribution in [-0.4, -0.2) is 14.5 Å². The number of nitrogens with zero attached hydrogens (tertiary/aromatic N) is 3. The first-order valence-electron chi connectivity index (χ1n) is 11.2. The molecule has 7 rings (SSSR count). The van der Waals surface area contributed by atoms with Gasteiger partial charge < -0.3 is 4.57 Å². The van der Waals surface area contributed by atoms with E-state index in [0.29, 0.717) is 0 Å². The Kier molecular flexibility index (Phi) is 4.20. The van der Waals surface area contributed by atoms with Crippen molar-refractivity contribution in [3.63, 3.8) is 0 Å². The van der Waals surface area contributed by atoms with E-state index in [9.17, 15) is 0 Å². The van der Waals surface area contributed by atoms with Crippen LogP contribution in [0.4, 0.5) is 0 Å². The van der Waals surface area contributed by atoms with Gasteiger partial charge in [-0.1, -0.05) is 72.8 Å². The van der Waals surface area contributed by atoms with E-state index in [1.54, 1.807) is 0 Å².